The molecule has 0 aromatic heterocycles. The predicted octanol–water partition coefficient (Wildman–Crippen LogP) is 3.37. The van der Waals surface area contributed by atoms with Crippen LogP contribution in [0.25, 0.3) is 0 Å². The van der Waals surface area contributed by atoms with Crippen molar-refractivity contribution in [1.82, 2.24) is 9.80 Å². The van der Waals surface area contributed by atoms with Crippen molar-refractivity contribution in [2.75, 3.05) is 32.7 Å². The minimum Gasteiger partial charge on any atom is -0.302 e. The molecule has 19 heavy (non-hydrogen) atoms. The Balaban J connectivity index is 1.50. The van der Waals surface area contributed by atoms with Gasteiger partial charge < -0.3 is 4.90 Å². The monoisotopic (exact) mass is 264 g/mol. The van der Waals surface area contributed by atoms with E-state index in [1.54, 1.807) is 0 Å². The Morgan fingerprint density at radius 2 is 1.63 bits per heavy atom. The summed E-state index contributed by atoms with van der Waals surface area (Å²) in [5, 5.41) is 0. The lowest BCUT2D eigenvalue weighted by atomic mass is 9.79. The highest BCUT2D eigenvalue weighted by Gasteiger charge is 2.34. The first-order chi connectivity index (χ1) is 9.36. The van der Waals surface area contributed by atoms with Gasteiger partial charge in [0.2, 0.25) is 0 Å². The molecule has 1 aliphatic carbocycles. The standard InChI is InChI=1S/C17H32N2/c1-2-18-11-6-9-17(14-18)19-12-10-16(13-19)15-7-4-3-5-8-15/h15-17H,2-14H2,1H3/t16-,17+/m1/s1. The summed E-state index contributed by atoms with van der Waals surface area (Å²) in [6.45, 7) is 9.06. The molecule has 3 fully saturated rings. The van der Waals surface area contributed by atoms with Crippen LogP contribution in [0.2, 0.25) is 0 Å². The molecule has 0 aromatic carbocycles. The lowest BCUT2D eigenvalue weighted by Crippen LogP contribution is -2.47. The second kappa shape index (κ2) is 6.58. The fraction of sp³-hybridized carbons (Fsp3) is 1.00. The summed E-state index contributed by atoms with van der Waals surface area (Å²) in [6.07, 6.45) is 11.9. The van der Waals surface area contributed by atoms with Crippen molar-refractivity contribution in [2.24, 2.45) is 11.8 Å². The number of hydrogen-bond donors (Lipinski definition) is 0. The predicted molar refractivity (Wildman–Crippen MR) is 81.4 cm³/mol. The van der Waals surface area contributed by atoms with Crippen LogP contribution in [-0.4, -0.2) is 48.6 Å². The first kappa shape index (κ1) is 13.9. The van der Waals surface area contributed by atoms with Crippen molar-refractivity contribution in [3.05, 3.63) is 0 Å². The highest BCUT2D eigenvalue weighted by Crippen LogP contribution is 2.36. The third-order valence-corrected chi connectivity index (χ3v) is 6.02. The van der Waals surface area contributed by atoms with Crippen LogP contribution in [0, 0.1) is 11.8 Å². The molecule has 2 aliphatic heterocycles. The van der Waals surface area contributed by atoms with Gasteiger partial charge in [-0.3, -0.25) is 4.90 Å². The van der Waals surface area contributed by atoms with Crippen LogP contribution in [-0.2, 0) is 0 Å². The molecule has 0 amide bonds. The van der Waals surface area contributed by atoms with Crippen molar-refractivity contribution in [2.45, 2.75) is 64.3 Å². The highest BCUT2D eigenvalue weighted by atomic mass is 15.2. The van der Waals surface area contributed by atoms with Gasteiger partial charge in [0.25, 0.3) is 0 Å². The minimum absolute atomic E-state index is 0.877. The maximum absolute atomic E-state index is 2.85. The molecule has 2 heterocycles. The van der Waals surface area contributed by atoms with E-state index in [9.17, 15) is 0 Å². The first-order valence-electron chi connectivity index (χ1n) is 8.83. The quantitative estimate of drug-likeness (QED) is 0.771. The number of rotatable bonds is 3. The largest absolute Gasteiger partial charge is 0.302 e. The Bertz CT molecular complexity index is 272. The first-order valence-corrected chi connectivity index (χ1v) is 8.83. The molecule has 2 heteroatoms. The van der Waals surface area contributed by atoms with E-state index in [1.807, 2.05) is 0 Å². The second-order valence-corrected chi connectivity index (χ2v) is 7.13. The van der Waals surface area contributed by atoms with E-state index in [0.29, 0.717) is 0 Å². The third-order valence-electron chi connectivity index (χ3n) is 6.02. The summed E-state index contributed by atoms with van der Waals surface area (Å²) in [5.41, 5.74) is 0. The Labute approximate surface area is 119 Å². The number of likely N-dealkylation sites (tertiary alicyclic amines) is 2. The molecule has 0 radical (unpaired) electrons. The third kappa shape index (κ3) is 3.33. The molecule has 0 unspecified atom stereocenters. The molecule has 2 atom stereocenters. The van der Waals surface area contributed by atoms with Crippen molar-refractivity contribution in [1.29, 1.82) is 0 Å². The smallest absolute Gasteiger partial charge is 0.0223 e. The zero-order valence-electron chi connectivity index (χ0n) is 12.8. The summed E-state index contributed by atoms with van der Waals surface area (Å²) < 4.78 is 0. The Morgan fingerprint density at radius 3 is 2.42 bits per heavy atom. The summed E-state index contributed by atoms with van der Waals surface area (Å²) >= 11 is 0. The lowest BCUT2D eigenvalue weighted by molar-refractivity contribution is 0.111. The van der Waals surface area contributed by atoms with Gasteiger partial charge in [-0.1, -0.05) is 39.0 Å². The van der Waals surface area contributed by atoms with Gasteiger partial charge in [0.05, 0.1) is 0 Å². The molecule has 0 spiro atoms. The molecule has 3 aliphatic rings. The van der Waals surface area contributed by atoms with Crippen LogP contribution in [0.3, 0.4) is 0 Å². The van der Waals surface area contributed by atoms with Crippen molar-refractivity contribution in [3.8, 4) is 0 Å². The molecular formula is C17H32N2. The minimum atomic E-state index is 0.877. The van der Waals surface area contributed by atoms with E-state index in [1.165, 1.54) is 84.1 Å². The zero-order valence-corrected chi connectivity index (χ0v) is 12.8. The Kier molecular flexibility index (Phi) is 4.81. The molecular weight excluding hydrogens is 232 g/mol. The van der Waals surface area contributed by atoms with Gasteiger partial charge in [0.1, 0.15) is 0 Å². The number of hydrogen-bond acceptors (Lipinski definition) is 2. The van der Waals surface area contributed by atoms with Crippen LogP contribution in [0.1, 0.15) is 58.3 Å². The molecule has 2 nitrogen and oxygen atoms in total. The van der Waals surface area contributed by atoms with Crippen LogP contribution in [0.5, 0.6) is 0 Å². The SMILES string of the molecule is CCN1CCC[C@H](N2CC[C@@H](C3CCCCC3)C2)C1. The average molecular weight is 264 g/mol. The molecule has 3 rings (SSSR count). The maximum Gasteiger partial charge on any atom is 0.0223 e. The zero-order chi connectivity index (χ0) is 13.1. The van der Waals surface area contributed by atoms with Crippen LogP contribution in [0.15, 0.2) is 0 Å². The van der Waals surface area contributed by atoms with Gasteiger partial charge >= 0.3 is 0 Å². The van der Waals surface area contributed by atoms with Gasteiger partial charge in [-0.25, -0.2) is 0 Å². The van der Waals surface area contributed by atoms with Gasteiger partial charge in [-0.2, -0.15) is 0 Å². The van der Waals surface area contributed by atoms with Gasteiger partial charge in [0, 0.05) is 19.1 Å². The second-order valence-electron chi connectivity index (χ2n) is 7.13. The van der Waals surface area contributed by atoms with E-state index in [-0.39, 0.29) is 0 Å². The molecule has 0 bridgehead atoms. The van der Waals surface area contributed by atoms with Gasteiger partial charge in [-0.15, -0.1) is 0 Å². The summed E-state index contributed by atoms with van der Waals surface area (Å²) in [5.74, 6) is 2.11. The normalized spacial score (nSPS) is 35.8. The topological polar surface area (TPSA) is 6.48 Å². The van der Waals surface area contributed by atoms with E-state index >= 15 is 0 Å². The number of piperidine rings is 1. The molecule has 0 aromatic rings. The van der Waals surface area contributed by atoms with E-state index in [2.05, 4.69) is 16.7 Å². The molecule has 1 saturated carbocycles. The number of nitrogens with zero attached hydrogens (tertiary/aromatic N) is 2. The summed E-state index contributed by atoms with van der Waals surface area (Å²) in [4.78, 5) is 5.50. The highest BCUT2D eigenvalue weighted by molar-refractivity contribution is 4.88. The molecule has 2 saturated heterocycles. The average Bonchev–Trinajstić information content (AvgIpc) is 2.98. The fourth-order valence-corrected chi connectivity index (χ4v) is 4.75. The number of likely N-dealkylation sites (N-methyl/N-ethyl adjacent to an activating group) is 1. The van der Waals surface area contributed by atoms with Crippen LogP contribution < -0.4 is 0 Å². The van der Waals surface area contributed by atoms with E-state index in [0.717, 1.165) is 17.9 Å². The molecule has 0 N–H and O–H groups in total. The van der Waals surface area contributed by atoms with Crippen LogP contribution in [0.4, 0.5) is 0 Å². The fourth-order valence-electron chi connectivity index (χ4n) is 4.75. The van der Waals surface area contributed by atoms with E-state index < -0.39 is 0 Å². The van der Waals surface area contributed by atoms with Crippen molar-refractivity contribution in [3.63, 3.8) is 0 Å². The molecule has 110 valence electrons. The lowest BCUT2D eigenvalue weighted by Gasteiger charge is -2.37. The maximum atomic E-state index is 2.85. The van der Waals surface area contributed by atoms with Gasteiger partial charge in [-0.05, 0) is 50.7 Å². The van der Waals surface area contributed by atoms with Crippen LogP contribution >= 0.6 is 0 Å². The van der Waals surface area contributed by atoms with Crippen molar-refractivity contribution < 1.29 is 0 Å². The Hall–Kier alpha value is -0.0800. The summed E-state index contributed by atoms with van der Waals surface area (Å²) in [6, 6.07) is 0.877. The Morgan fingerprint density at radius 1 is 0.789 bits per heavy atom. The summed E-state index contributed by atoms with van der Waals surface area (Å²) in [7, 11) is 0. The van der Waals surface area contributed by atoms with E-state index in [4.69, 9.17) is 0 Å². The van der Waals surface area contributed by atoms with Gasteiger partial charge in [0.15, 0.2) is 0 Å². The van der Waals surface area contributed by atoms with Crippen molar-refractivity contribution >= 4 is 0 Å².